The van der Waals surface area contributed by atoms with Crippen LogP contribution in [0.3, 0.4) is 0 Å². The molecule has 0 fully saturated rings. The van der Waals surface area contributed by atoms with Gasteiger partial charge in [-0.15, -0.1) is 0 Å². The number of fused-ring (bicyclic) bond motifs is 1. The van der Waals surface area contributed by atoms with Crippen molar-refractivity contribution in [2.24, 2.45) is 0 Å². The summed E-state index contributed by atoms with van der Waals surface area (Å²) in [7, 11) is -2.23. The largest absolute Gasteiger partial charge is 0.319 e. The summed E-state index contributed by atoms with van der Waals surface area (Å²) in [6.45, 7) is 3.55. The van der Waals surface area contributed by atoms with Gasteiger partial charge in [-0.2, -0.15) is 0 Å². The Morgan fingerprint density at radius 3 is 2.57 bits per heavy atom. The van der Waals surface area contributed by atoms with E-state index in [0.29, 0.717) is 0 Å². The first-order chi connectivity index (χ1) is 6.59. The number of pyridine rings is 1. The summed E-state index contributed by atoms with van der Waals surface area (Å²) in [4.78, 5) is 4.11. The van der Waals surface area contributed by atoms with E-state index < -0.39 is 7.14 Å². The van der Waals surface area contributed by atoms with Gasteiger partial charge in [-0.1, -0.05) is 24.3 Å². The van der Waals surface area contributed by atoms with Gasteiger partial charge in [0.1, 0.15) is 7.14 Å². The van der Waals surface area contributed by atoms with E-state index >= 15 is 0 Å². The molecule has 0 bridgehead atoms. The van der Waals surface area contributed by atoms with Crippen LogP contribution in [-0.4, -0.2) is 18.3 Å². The second-order valence-corrected chi connectivity index (χ2v) is 6.91. The Bertz CT molecular complexity index is 510. The Hall–Kier alpha value is -1.14. The van der Waals surface area contributed by atoms with Gasteiger partial charge in [0, 0.05) is 23.1 Å². The summed E-state index contributed by atoms with van der Waals surface area (Å²) in [5.74, 6) is 0. The number of hydrogen-bond acceptors (Lipinski definition) is 2. The first kappa shape index (κ1) is 9.42. The molecule has 1 aromatic carbocycles. The third-order valence-electron chi connectivity index (χ3n) is 2.23. The smallest absolute Gasteiger partial charge is 0.111 e. The molecule has 0 aliphatic heterocycles. The van der Waals surface area contributed by atoms with Gasteiger partial charge < -0.3 is 4.57 Å². The number of rotatable bonds is 1. The van der Waals surface area contributed by atoms with Gasteiger partial charge in [0.2, 0.25) is 0 Å². The predicted octanol–water partition coefficient (Wildman–Crippen LogP) is 2.48. The molecular formula is C11H12NOP. The standard InChI is InChI=1S/C11H12NOP/c1-14(2,13)11-8-12-7-9-5-3-4-6-10(9)11/h3-8H,1-2H3. The molecule has 2 nitrogen and oxygen atoms in total. The lowest BCUT2D eigenvalue weighted by Crippen LogP contribution is -2.05. The van der Waals surface area contributed by atoms with Crippen LogP contribution in [0.2, 0.25) is 0 Å². The highest BCUT2D eigenvalue weighted by molar-refractivity contribution is 7.70. The number of benzene rings is 1. The van der Waals surface area contributed by atoms with Crippen LogP contribution in [0.25, 0.3) is 10.8 Å². The van der Waals surface area contributed by atoms with Crippen molar-refractivity contribution in [1.82, 2.24) is 4.98 Å². The molecule has 0 aliphatic carbocycles. The molecule has 3 heteroatoms. The van der Waals surface area contributed by atoms with Crippen LogP contribution in [0.15, 0.2) is 36.7 Å². The average molecular weight is 205 g/mol. The lowest BCUT2D eigenvalue weighted by Gasteiger charge is -2.09. The molecule has 14 heavy (non-hydrogen) atoms. The normalized spacial score (nSPS) is 11.9. The summed E-state index contributed by atoms with van der Waals surface area (Å²) in [6.07, 6.45) is 3.51. The van der Waals surface area contributed by atoms with Crippen LogP contribution in [0, 0.1) is 0 Å². The second-order valence-electron chi connectivity index (χ2n) is 3.73. The molecule has 72 valence electrons. The Morgan fingerprint density at radius 1 is 1.14 bits per heavy atom. The average Bonchev–Trinajstić information content (AvgIpc) is 2.15. The highest BCUT2D eigenvalue weighted by atomic mass is 31.2. The van der Waals surface area contributed by atoms with E-state index in [1.807, 2.05) is 24.3 Å². The van der Waals surface area contributed by atoms with Crippen LogP contribution in [0.1, 0.15) is 0 Å². The third-order valence-corrected chi connectivity index (χ3v) is 3.74. The Labute approximate surface area is 83.4 Å². The van der Waals surface area contributed by atoms with Crippen molar-refractivity contribution >= 4 is 23.2 Å². The van der Waals surface area contributed by atoms with E-state index in [-0.39, 0.29) is 0 Å². The molecule has 0 atom stereocenters. The van der Waals surface area contributed by atoms with Crippen molar-refractivity contribution in [3.8, 4) is 0 Å². The van der Waals surface area contributed by atoms with E-state index in [1.54, 1.807) is 25.7 Å². The molecule has 0 spiro atoms. The van der Waals surface area contributed by atoms with Crippen LogP contribution in [0.5, 0.6) is 0 Å². The fourth-order valence-corrected chi connectivity index (χ4v) is 2.66. The van der Waals surface area contributed by atoms with Crippen molar-refractivity contribution in [2.45, 2.75) is 0 Å². The molecule has 1 heterocycles. The zero-order valence-electron chi connectivity index (χ0n) is 8.27. The van der Waals surface area contributed by atoms with Crippen molar-refractivity contribution in [3.05, 3.63) is 36.7 Å². The van der Waals surface area contributed by atoms with Gasteiger partial charge in [0.25, 0.3) is 0 Å². The van der Waals surface area contributed by atoms with Gasteiger partial charge in [0.05, 0.1) is 0 Å². The molecule has 2 aromatic rings. The zero-order valence-corrected chi connectivity index (χ0v) is 9.16. The highest BCUT2D eigenvalue weighted by Crippen LogP contribution is 2.36. The summed E-state index contributed by atoms with van der Waals surface area (Å²) < 4.78 is 12.0. The number of nitrogens with zero attached hydrogens (tertiary/aromatic N) is 1. The summed E-state index contributed by atoms with van der Waals surface area (Å²) in [5, 5.41) is 2.97. The fraction of sp³-hybridized carbons (Fsp3) is 0.182. The van der Waals surface area contributed by atoms with Gasteiger partial charge in [-0.05, 0) is 18.7 Å². The SMILES string of the molecule is CP(C)(=O)c1cncc2ccccc12. The van der Waals surface area contributed by atoms with E-state index in [9.17, 15) is 4.57 Å². The minimum atomic E-state index is -2.23. The number of aromatic nitrogens is 1. The monoisotopic (exact) mass is 205 g/mol. The van der Waals surface area contributed by atoms with Crippen LogP contribution in [-0.2, 0) is 4.57 Å². The van der Waals surface area contributed by atoms with E-state index in [4.69, 9.17) is 0 Å². The Balaban J connectivity index is 2.85. The molecule has 0 saturated carbocycles. The molecule has 0 aliphatic rings. The first-order valence-corrected chi connectivity index (χ1v) is 7.07. The van der Waals surface area contributed by atoms with E-state index in [2.05, 4.69) is 4.98 Å². The lowest BCUT2D eigenvalue weighted by molar-refractivity contribution is 0.588. The minimum Gasteiger partial charge on any atom is -0.319 e. The molecular weight excluding hydrogens is 193 g/mol. The Kier molecular flexibility index (Phi) is 2.16. The maximum atomic E-state index is 12.0. The summed E-state index contributed by atoms with van der Waals surface area (Å²) in [6, 6.07) is 7.90. The summed E-state index contributed by atoms with van der Waals surface area (Å²) in [5.41, 5.74) is 0. The van der Waals surface area contributed by atoms with Crippen LogP contribution in [0.4, 0.5) is 0 Å². The highest BCUT2D eigenvalue weighted by Gasteiger charge is 2.14. The first-order valence-electron chi connectivity index (χ1n) is 4.47. The van der Waals surface area contributed by atoms with Crippen molar-refractivity contribution in [1.29, 1.82) is 0 Å². The van der Waals surface area contributed by atoms with Crippen molar-refractivity contribution in [3.63, 3.8) is 0 Å². The van der Waals surface area contributed by atoms with Crippen molar-refractivity contribution < 1.29 is 4.57 Å². The van der Waals surface area contributed by atoms with Crippen LogP contribution < -0.4 is 5.30 Å². The maximum Gasteiger partial charge on any atom is 0.111 e. The van der Waals surface area contributed by atoms with E-state index in [1.165, 1.54) is 0 Å². The van der Waals surface area contributed by atoms with Gasteiger partial charge >= 0.3 is 0 Å². The Morgan fingerprint density at radius 2 is 1.86 bits per heavy atom. The van der Waals surface area contributed by atoms with Crippen molar-refractivity contribution in [2.75, 3.05) is 13.3 Å². The second kappa shape index (κ2) is 3.21. The molecule has 0 saturated heterocycles. The molecule has 0 unspecified atom stereocenters. The lowest BCUT2D eigenvalue weighted by atomic mass is 10.2. The third kappa shape index (κ3) is 1.58. The van der Waals surface area contributed by atoms with Gasteiger partial charge in [-0.25, -0.2) is 0 Å². The molecule has 0 radical (unpaired) electrons. The molecule has 0 N–H and O–H groups in total. The minimum absolute atomic E-state index is 0.871. The van der Waals surface area contributed by atoms with E-state index in [0.717, 1.165) is 16.1 Å². The topological polar surface area (TPSA) is 30.0 Å². The summed E-state index contributed by atoms with van der Waals surface area (Å²) >= 11 is 0. The zero-order chi connectivity index (χ0) is 10.2. The quantitative estimate of drug-likeness (QED) is 0.669. The van der Waals surface area contributed by atoms with Gasteiger partial charge in [0.15, 0.2) is 0 Å². The number of hydrogen-bond donors (Lipinski definition) is 0. The molecule has 1 aromatic heterocycles. The molecule has 2 rings (SSSR count). The molecule has 0 amide bonds. The van der Waals surface area contributed by atoms with Gasteiger partial charge in [-0.3, -0.25) is 4.98 Å². The van der Waals surface area contributed by atoms with Crippen LogP contribution >= 0.6 is 7.14 Å². The maximum absolute atomic E-state index is 12.0. The fourth-order valence-electron chi connectivity index (χ4n) is 1.53. The predicted molar refractivity (Wildman–Crippen MR) is 60.8 cm³/mol.